The maximum Gasteiger partial charge on any atom is 0.162 e. The summed E-state index contributed by atoms with van der Waals surface area (Å²) in [6.07, 6.45) is 1.75. The molecular weight excluding hydrogens is 440 g/mol. The van der Waals surface area contributed by atoms with Gasteiger partial charge in [0.1, 0.15) is 19.0 Å². The molecule has 0 aliphatic carbocycles. The minimum atomic E-state index is 0.0593. The van der Waals surface area contributed by atoms with Crippen molar-refractivity contribution in [3.8, 4) is 17.2 Å². The van der Waals surface area contributed by atoms with Crippen LogP contribution in [-0.4, -0.2) is 37.1 Å². The first-order valence-corrected chi connectivity index (χ1v) is 11.3. The van der Waals surface area contributed by atoms with E-state index in [9.17, 15) is 0 Å². The third kappa shape index (κ3) is 5.68. The van der Waals surface area contributed by atoms with E-state index in [-0.39, 0.29) is 6.10 Å². The smallest absolute Gasteiger partial charge is 0.162 e. The number of nitrogens with zero attached hydrogens (tertiary/aromatic N) is 2. The van der Waals surface area contributed by atoms with Crippen LogP contribution in [0, 0.1) is 0 Å². The predicted octanol–water partition coefficient (Wildman–Crippen LogP) is 4.74. The molecular formula is C24H26N4O4S. The SMILES string of the molecule is C/N=C(/c1ccnc(NOSc2ccc3c(c2)OCCO3)c1)c1cc(OC(C)C)ccc1N. The van der Waals surface area contributed by atoms with Crippen LogP contribution in [0.2, 0.25) is 0 Å². The summed E-state index contributed by atoms with van der Waals surface area (Å²) in [6.45, 7) is 5.06. The van der Waals surface area contributed by atoms with Gasteiger partial charge in [-0.3, -0.25) is 4.99 Å². The highest BCUT2D eigenvalue weighted by Gasteiger charge is 2.14. The lowest BCUT2D eigenvalue weighted by atomic mass is 10.0. The fourth-order valence-corrected chi connectivity index (χ4v) is 3.81. The van der Waals surface area contributed by atoms with Crippen LogP contribution in [0.15, 0.2) is 64.6 Å². The van der Waals surface area contributed by atoms with Gasteiger partial charge in [0, 0.05) is 35.0 Å². The van der Waals surface area contributed by atoms with Gasteiger partial charge in [0.05, 0.1) is 23.9 Å². The maximum absolute atomic E-state index is 6.25. The van der Waals surface area contributed by atoms with E-state index >= 15 is 0 Å². The first-order chi connectivity index (χ1) is 16.0. The summed E-state index contributed by atoms with van der Waals surface area (Å²) in [5, 5.41) is 0. The van der Waals surface area contributed by atoms with Gasteiger partial charge in [-0.25, -0.2) is 10.5 Å². The van der Waals surface area contributed by atoms with Crippen LogP contribution in [0.5, 0.6) is 17.2 Å². The quantitative estimate of drug-likeness (QED) is 0.213. The van der Waals surface area contributed by atoms with Crippen LogP contribution >= 0.6 is 12.0 Å². The van der Waals surface area contributed by atoms with Crippen LogP contribution < -0.4 is 25.4 Å². The van der Waals surface area contributed by atoms with Crippen molar-refractivity contribution in [2.24, 2.45) is 4.99 Å². The Kier molecular flexibility index (Phi) is 7.21. The molecule has 0 radical (unpaired) electrons. The highest BCUT2D eigenvalue weighted by atomic mass is 32.2. The van der Waals surface area contributed by atoms with Crippen molar-refractivity contribution in [3.63, 3.8) is 0 Å². The largest absolute Gasteiger partial charge is 0.491 e. The van der Waals surface area contributed by atoms with Crippen LogP contribution in [0.4, 0.5) is 11.5 Å². The zero-order valence-electron chi connectivity index (χ0n) is 18.7. The van der Waals surface area contributed by atoms with Crippen LogP contribution in [-0.2, 0) is 4.28 Å². The van der Waals surface area contributed by atoms with E-state index in [4.69, 9.17) is 24.2 Å². The fraction of sp³-hybridized carbons (Fsp3) is 0.250. The summed E-state index contributed by atoms with van der Waals surface area (Å²) in [6, 6.07) is 14.9. The van der Waals surface area contributed by atoms with E-state index in [1.165, 1.54) is 0 Å². The van der Waals surface area contributed by atoms with Crippen LogP contribution in [0.1, 0.15) is 25.0 Å². The highest BCUT2D eigenvalue weighted by Crippen LogP contribution is 2.34. The van der Waals surface area contributed by atoms with Crippen molar-refractivity contribution in [3.05, 3.63) is 65.9 Å². The monoisotopic (exact) mass is 466 g/mol. The van der Waals surface area contributed by atoms with Crippen molar-refractivity contribution < 1.29 is 18.5 Å². The number of nitrogens with two attached hydrogens (primary N) is 1. The number of anilines is 2. The number of aliphatic imine (C=N–C) groups is 1. The number of nitrogens with one attached hydrogen (secondary N) is 1. The Labute approximate surface area is 197 Å². The third-order valence-corrected chi connectivity index (χ3v) is 5.32. The molecule has 172 valence electrons. The third-order valence-electron chi connectivity index (χ3n) is 4.71. The molecule has 3 N–H and O–H groups in total. The first-order valence-electron chi connectivity index (χ1n) is 10.5. The molecule has 0 bridgehead atoms. The molecule has 3 aromatic rings. The number of fused-ring (bicyclic) bond motifs is 1. The second-order valence-electron chi connectivity index (χ2n) is 7.49. The topological polar surface area (TPSA) is 100 Å². The lowest BCUT2D eigenvalue weighted by Gasteiger charge is -2.18. The Balaban J connectivity index is 1.46. The van der Waals surface area contributed by atoms with Gasteiger partial charge in [0.25, 0.3) is 0 Å². The van der Waals surface area contributed by atoms with Crippen LogP contribution in [0.25, 0.3) is 0 Å². The summed E-state index contributed by atoms with van der Waals surface area (Å²) < 4.78 is 22.5. The zero-order valence-corrected chi connectivity index (χ0v) is 19.5. The molecule has 4 rings (SSSR count). The van der Waals surface area contributed by atoms with Crippen molar-refractivity contribution in [2.45, 2.75) is 24.8 Å². The molecule has 1 aliphatic rings. The molecule has 0 saturated carbocycles. The van der Waals surface area contributed by atoms with E-state index in [2.05, 4.69) is 15.5 Å². The lowest BCUT2D eigenvalue weighted by molar-refractivity contribution is 0.171. The molecule has 1 aromatic heterocycles. The van der Waals surface area contributed by atoms with Gasteiger partial charge < -0.3 is 19.9 Å². The molecule has 33 heavy (non-hydrogen) atoms. The van der Waals surface area contributed by atoms with Crippen molar-refractivity contribution in [1.82, 2.24) is 4.98 Å². The normalized spacial score (nSPS) is 13.2. The van der Waals surface area contributed by atoms with E-state index < -0.39 is 0 Å². The molecule has 8 nitrogen and oxygen atoms in total. The van der Waals surface area contributed by atoms with Gasteiger partial charge in [0.15, 0.2) is 17.3 Å². The average molecular weight is 467 g/mol. The zero-order chi connectivity index (χ0) is 23.2. The van der Waals surface area contributed by atoms with E-state index in [0.29, 0.717) is 30.5 Å². The molecule has 0 saturated heterocycles. The Morgan fingerprint density at radius 3 is 2.70 bits per heavy atom. The minimum absolute atomic E-state index is 0.0593. The fourth-order valence-electron chi connectivity index (χ4n) is 3.31. The molecule has 0 unspecified atom stereocenters. The summed E-state index contributed by atoms with van der Waals surface area (Å²) in [5.74, 6) is 2.72. The van der Waals surface area contributed by atoms with Gasteiger partial charge >= 0.3 is 0 Å². The number of ether oxygens (including phenoxy) is 3. The number of hydrogen-bond donors (Lipinski definition) is 2. The van der Waals surface area contributed by atoms with Gasteiger partial charge in [-0.15, -0.1) is 0 Å². The number of nitrogen functional groups attached to an aromatic ring is 1. The minimum Gasteiger partial charge on any atom is -0.491 e. The maximum atomic E-state index is 6.25. The predicted molar refractivity (Wildman–Crippen MR) is 130 cm³/mol. The average Bonchev–Trinajstić information content (AvgIpc) is 2.81. The molecule has 1 aliphatic heterocycles. The van der Waals surface area contributed by atoms with Gasteiger partial charge in [0.2, 0.25) is 0 Å². The first kappa shape index (κ1) is 22.8. The Morgan fingerprint density at radius 1 is 1.09 bits per heavy atom. The van der Waals surface area contributed by atoms with Gasteiger partial charge in [-0.2, -0.15) is 4.28 Å². The number of rotatable bonds is 8. The summed E-state index contributed by atoms with van der Waals surface area (Å²) in [5.41, 5.74) is 12.1. The summed E-state index contributed by atoms with van der Waals surface area (Å²) >= 11 is 1.16. The van der Waals surface area contributed by atoms with Gasteiger partial charge in [-0.05, 0) is 62.4 Å². The number of aromatic nitrogens is 1. The summed E-state index contributed by atoms with van der Waals surface area (Å²) in [7, 11) is 1.73. The molecule has 0 amide bonds. The number of benzene rings is 2. The van der Waals surface area contributed by atoms with Crippen LogP contribution in [0.3, 0.4) is 0 Å². The molecule has 0 fully saturated rings. The molecule has 2 aromatic carbocycles. The standard InChI is InChI=1S/C24H26N4O4S/c1-15(2)31-17-4-6-20(25)19(13-17)24(26-3)16-8-9-27-23(12-16)28-32-33-18-5-7-21-22(14-18)30-11-10-29-21/h4-9,12-15H,10-11,25H2,1-3H3,(H,27,28)/b26-24-. The number of hydrogen-bond acceptors (Lipinski definition) is 9. The van der Waals surface area contributed by atoms with E-state index in [1.54, 1.807) is 13.2 Å². The summed E-state index contributed by atoms with van der Waals surface area (Å²) in [4.78, 5) is 9.67. The van der Waals surface area contributed by atoms with E-state index in [0.717, 1.165) is 45.3 Å². The lowest BCUT2D eigenvalue weighted by Crippen LogP contribution is -2.15. The second kappa shape index (κ2) is 10.5. The Morgan fingerprint density at radius 2 is 1.91 bits per heavy atom. The Hall–Kier alpha value is -3.43. The molecule has 0 spiro atoms. The highest BCUT2D eigenvalue weighted by molar-refractivity contribution is 7.94. The van der Waals surface area contributed by atoms with Gasteiger partial charge in [-0.1, -0.05) is 0 Å². The van der Waals surface area contributed by atoms with Crippen molar-refractivity contribution in [2.75, 3.05) is 31.5 Å². The molecule has 0 atom stereocenters. The molecule has 9 heteroatoms. The van der Waals surface area contributed by atoms with Crippen molar-refractivity contribution >= 4 is 29.3 Å². The number of pyridine rings is 1. The van der Waals surface area contributed by atoms with E-state index in [1.807, 2.05) is 62.4 Å². The Bertz CT molecular complexity index is 1150. The van der Waals surface area contributed by atoms with Crippen molar-refractivity contribution in [1.29, 1.82) is 0 Å². The second-order valence-corrected chi connectivity index (χ2v) is 8.30. The molecule has 2 heterocycles.